The second kappa shape index (κ2) is 11.9. The van der Waals surface area contributed by atoms with Crippen LogP contribution in [-0.2, 0) is 19.7 Å². The van der Waals surface area contributed by atoms with Crippen LogP contribution in [-0.4, -0.2) is 56.1 Å². The van der Waals surface area contributed by atoms with E-state index in [9.17, 15) is 9.90 Å². The SMILES string of the molecule is COC[C@H](O)COc1ccc(C(C)(C)c2ccc(OC[C@@H](CCl)OC(C)=O)cc2)cc1. The van der Waals surface area contributed by atoms with Gasteiger partial charge in [0.15, 0.2) is 0 Å². The molecule has 0 heterocycles. The number of hydrogen-bond donors (Lipinski definition) is 1. The molecule has 31 heavy (non-hydrogen) atoms. The van der Waals surface area contributed by atoms with Crippen LogP contribution in [0.1, 0.15) is 31.9 Å². The van der Waals surface area contributed by atoms with Crippen LogP contribution in [0.25, 0.3) is 0 Å². The first kappa shape index (κ1) is 25.0. The lowest BCUT2D eigenvalue weighted by Crippen LogP contribution is -2.25. The quantitative estimate of drug-likeness (QED) is 0.390. The highest BCUT2D eigenvalue weighted by Gasteiger charge is 2.23. The molecule has 0 radical (unpaired) electrons. The maximum absolute atomic E-state index is 11.1. The summed E-state index contributed by atoms with van der Waals surface area (Å²) in [5.41, 5.74) is 2.02. The van der Waals surface area contributed by atoms with E-state index >= 15 is 0 Å². The molecule has 1 N–H and O–H groups in total. The fourth-order valence-electron chi connectivity index (χ4n) is 3.07. The highest BCUT2D eigenvalue weighted by molar-refractivity contribution is 6.18. The van der Waals surface area contributed by atoms with Gasteiger partial charge in [-0.05, 0) is 35.4 Å². The second-order valence-electron chi connectivity index (χ2n) is 7.79. The summed E-state index contributed by atoms with van der Waals surface area (Å²) in [6, 6.07) is 15.7. The molecule has 0 aliphatic carbocycles. The zero-order valence-electron chi connectivity index (χ0n) is 18.5. The number of hydrogen-bond acceptors (Lipinski definition) is 6. The van der Waals surface area contributed by atoms with E-state index in [0.29, 0.717) is 11.5 Å². The lowest BCUT2D eigenvalue weighted by atomic mass is 9.78. The Balaban J connectivity index is 1.99. The number of esters is 1. The van der Waals surface area contributed by atoms with Crippen LogP contribution in [0.2, 0.25) is 0 Å². The van der Waals surface area contributed by atoms with Crippen LogP contribution in [0.5, 0.6) is 11.5 Å². The van der Waals surface area contributed by atoms with Gasteiger partial charge in [0.1, 0.15) is 36.9 Å². The Morgan fingerprint density at radius 1 is 0.935 bits per heavy atom. The van der Waals surface area contributed by atoms with E-state index in [0.717, 1.165) is 11.1 Å². The van der Waals surface area contributed by atoms with Crippen LogP contribution in [0.15, 0.2) is 48.5 Å². The molecule has 2 rings (SSSR count). The van der Waals surface area contributed by atoms with Gasteiger partial charge >= 0.3 is 5.97 Å². The molecule has 0 unspecified atom stereocenters. The maximum Gasteiger partial charge on any atom is 0.303 e. The van der Waals surface area contributed by atoms with Gasteiger partial charge in [0.2, 0.25) is 0 Å². The van der Waals surface area contributed by atoms with Gasteiger partial charge in [-0.1, -0.05) is 38.1 Å². The molecule has 170 valence electrons. The number of halogens is 1. The van der Waals surface area contributed by atoms with Gasteiger partial charge in [-0.2, -0.15) is 0 Å². The monoisotopic (exact) mass is 450 g/mol. The van der Waals surface area contributed by atoms with E-state index in [1.807, 2.05) is 48.5 Å². The summed E-state index contributed by atoms with van der Waals surface area (Å²) in [5, 5.41) is 9.70. The fraction of sp³-hybridized carbons (Fsp3) is 0.458. The van der Waals surface area contributed by atoms with Crippen molar-refractivity contribution in [1.29, 1.82) is 0 Å². The number of alkyl halides is 1. The van der Waals surface area contributed by atoms with Crippen LogP contribution >= 0.6 is 11.6 Å². The van der Waals surface area contributed by atoms with Gasteiger partial charge < -0.3 is 24.1 Å². The Morgan fingerprint density at radius 3 is 1.84 bits per heavy atom. The minimum Gasteiger partial charge on any atom is -0.491 e. The summed E-state index contributed by atoms with van der Waals surface area (Å²) in [4.78, 5) is 11.1. The Kier molecular flexibility index (Phi) is 9.62. The zero-order chi connectivity index (χ0) is 22.9. The zero-order valence-corrected chi connectivity index (χ0v) is 19.2. The molecular formula is C24H31ClO6. The molecule has 0 saturated heterocycles. The molecule has 0 amide bonds. The maximum atomic E-state index is 11.1. The average Bonchev–Trinajstić information content (AvgIpc) is 2.75. The summed E-state index contributed by atoms with van der Waals surface area (Å²) in [6.07, 6.45) is -1.14. The van der Waals surface area contributed by atoms with E-state index < -0.39 is 12.2 Å². The lowest BCUT2D eigenvalue weighted by molar-refractivity contribution is -0.146. The number of rotatable bonds is 12. The summed E-state index contributed by atoms with van der Waals surface area (Å²) in [7, 11) is 1.54. The van der Waals surface area contributed by atoms with Crippen LogP contribution in [0.3, 0.4) is 0 Å². The Labute approximate surface area is 189 Å². The van der Waals surface area contributed by atoms with Crippen molar-refractivity contribution in [2.75, 3.05) is 32.8 Å². The molecular weight excluding hydrogens is 420 g/mol. The minimum atomic E-state index is -0.657. The van der Waals surface area contributed by atoms with Gasteiger partial charge in [0.05, 0.1) is 12.5 Å². The topological polar surface area (TPSA) is 74.2 Å². The summed E-state index contributed by atoms with van der Waals surface area (Å²) < 4.78 is 21.3. The van der Waals surface area contributed by atoms with Crippen molar-refractivity contribution in [3.8, 4) is 11.5 Å². The first-order chi connectivity index (χ1) is 14.8. The van der Waals surface area contributed by atoms with Crippen molar-refractivity contribution >= 4 is 17.6 Å². The molecule has 6 nitrogen and oxygen atoms in total. The van der Waals surface area contributed by atoms with Crippen molar-refractivity contribution in [3.05, 3.63) is 59.7 Å². The molecule has 0 bridgehead atoms. The summed E-state index contributed by atoms with van der Waals surface area (Å²) >= 11 is 5.81. The van der Waals surface area contributed by atoms with E-state index in [2.05, 4.69) is 13.8 Å². The normalized spacial score (nSPS) is 13.4. The van der Waals surface area contributed by atoms with E-state index in [4.69, 9.17) is 30.5 Å². The predicted octanol–water partition coefficient (Wildman–Crippen LogP) is 3.95. The third-order valence-electron chi connectivity index (χ3n) is 4.89. The molecule has 2 aromatic carbocycles. The van der Waals surface area contributed by atoms with Crippen molar-refractivity contribution in [2.24, 2.45) is 0 Å². The molecule has 0 spiro atoms. The number of carbonyl (C=O) groups excluding carboxylic acids is 1. The first-order valence-corrected chi connectivity index (χ1v) is 10.7. The number of ether oxygens (including phenoxy) is 4. The van der Waals surface area contributed by atoms with E-state index in [-0.39, 0.29) is 37.1 Å². The van der Waals surface area contributed by atoms with Crippen molar-refractivity contribution < 1.29 is 28.8 Å². The predicted molar refractivity (Wildman–Crippen MR) is 120 cm³/mol. The first-order valence-electron chi connectivity index (χ1n) is 10.1. The number of carbonyl (C=O) groups is 1. The van der Waals surface area contributed by atoms with Crippen LogP contribution in [0.4, 0.5) is 0 Å². The third-order valence-corrected chi connectivity index (χ3v) is 5.24. The second-order valence-corrected chi connectivity index (χ2v) is 8.10. The van der Waals surface area contributed by atoms with E-state index in [1.165, 1.54) is 6.92 Å². The largest absolute Gasteiger partial charge is 0.491 e. The highest BCUT2D eigenvalue weighted by Crippen LogP contribution is 2.33. The van der Waals surface area contributed by atoms with Gasteiger partial charge in [-0.3, -0.25) is 4.79 Å². The molecule has 0 saturated carbocycles. The average molecular weight is 451 g/mol. The molecule has 2 atom stereocenters. The third kappa shape index (κ3) is 7.73. The van der Waals surface area contributed by atoms with Gasteiger partial charge in [-0.25, -0.2) is 0 Å². The number of aliphatic hydroxyl groups is 1. The number of aliphatic hydroxyl groups excluding tert-OH is 1. The molecule has 0 fully saturated rings. The summed E-state index contributed by atoms with van der Waals surface area (Å²) in [6.45, 7) is 6.25. The van der Waals surface area contributed by atoms with Crippen molar-refractivity contribution in [3.63, 3.8) is 0 Å². The Morgan fingerprint density at radius 2 is 1.42 bits per heavy atom. The van der Waals surface area contributed by atoms with E-state index in [1.54, 1.807) is 7.11 Å². The molecule has 7 heteroatoms. The minimum absolute atomic E-state index is 0.176. The number of methoxy groups -OCH3 is 1. The smallest absolute Gasteiger partial charge is 0.303 e. The molecule has 0 aliphatic heterocycles. The van der Waals surface area contributed by atoms with Crippen molar-refractivity contribution in [1.82, 2.24) is 0 Å². The van der Waals surface area contributed by atoms with Gasteiger partial charge in [0.25, 0.3) is 0 Å². The van der Waals surface area contributed by atoms with Crippen LogP contribution in [0, 0.1) is 0 Å². The van der Waals surface area contributed by atoms with Crippen molar-refractivity contribution in [2.45, 2.75) is 38.4 Å². The summed E-state index contributed by atoms with van der Waals surface area (Å²) in [5.74, 6) is 1.17. The van der Waals surface area contributed by atoms with Gasteiger partial charge in [0, 0.05) is 19.4 Å². The Hall–Kier alpha value is -2.28. The molecule has 2 aromatic rings. The fourth-order valence-corrected chi connectivity index (χ4v) is 3.22. The lowest BCUT2D eigenvalue weighted by Gasteiger charge is -2.26. The number of benzene rings is 2. The van der Waals surface area contributed by atoms with Crippen LogP contribution < -0.4 is 9.47 Å². The Bertz CT molecular complexity index is 804. The van der Waals surface area contributed by atoms with Gasteiger partial charge in [-0.15, -0.1) is 11.6 Å². The molecule has 0 aromatic heterocycles. The standard InChI is InChI=1S/C24H31ClO6/c1-17(26)31-23(13-25)16-30-22-11-7-19(8-12-22)24(2,3)18-5-9-21(10-6-18)29-15-20(27)14-28-4/h5-12,20,23,27H,13-16H2,1-4H3/t20-,23+/m0/s1. The molecule has 0 aliphatic rings. The highest BCUT2D eigenvalue weighted by atomic mass is 35.5.